The third-order valence-corrected chi connectivity index (χ3v) is 4.19. The molecule has 0 aliphatic rings. The number of furan rings is 1. The van der Waals surface area contributed by atoms with Gasteiger partial charge in [-0.25, -0.2) is 4.98 Å². The van der Waals surface area contributed by atoms with E-state index in [1.807, 2.05) is 56.3 Å². The summed E-state index contributed by atoms with van der Waals surface area (Å²) in [5.41, 5.74) is 4.30. The fourth-order valence-electron chi connectivity index (χ4n) is 2.94. The third-order valence-electron chi connectivity index (χ3n) is 4.19. The number of aromatic nitrogens is 1. The molecular weight excluding hydrogens is 314 g/mol. The van der Waals surface area contributed by atoms with Gasteiger partial charge in [0.1, 0.15) is 11.1 Å². The monoisotopic (exact) mass is 331 g/mol. The molecule has 0 radical (unpaired) electrons. The number of esters is 1. The first-order valence-electron chi connectivity index (χ1n) is 8.14. The second kappa shape index (κ2) is 6.06. The van der Waals surface area contributed by atoms with Crippen molar-refractivity contribution in [2.75, 3.05) is 0 Å². The van der Waals surface area contributed by atoms with E-state index in [1.165, 1.54) is 0 Å². The van der Waals surface area contributed by atoms with Crippen LogP contribution in [0.5, 0.6) is 5.75 Å². The van der Waals surface area contributed by atoms with Crippen LogP contribution < -0.4 is 4.74 Å². The Bertz CT molecular complexity index is 1090. The molecule has 0 aliphatic heterocycles. The summed E-state index contributed by atoms with van der Waals surface area (Å²) in [7, 11) is 0. The van der Waals surface area contributed by atoms with Crippen LogP contribution in [0.2, 0.25) is 0 Å². The second-order valence-electron chi connectivity index (χ2n) is 6.19. The number of fused-ring (bicyclic) bond motifs is 2. The lowest BCUT2D eigenvalue weighted by Gasteiger charge is -2.07. The van der Waals surface area contributed by atoms with Crippen LogP contribution in [-0.4, -0.2) is 11.0 Å². The van der Waals surface area contributed by atoms with Crippen molar-refractivity contribution in [1.29, 1.82) is 0 Å². The first-order chi connectivity index (χ1) is 12.1. The summed E-state index contributed by atoms with van der Waals surface area (Å²) >= 11 is 0. The summed E-state index contributed by atoms with van der Waals surface area (Å²) in [4.78, 5) is 16.9. The fraction of sp³-hybridized carbons (Fsp3) is 0.143. The van der Waals surface area contributed by atoms with Crippen molar-refractivity contribution in [1.82, 2.24) is 4.98 Å². The standard InChI is InChI=1S/C21H17NO3/c1-13-6-9-17-16(12-24-19(17)10-13)11-20(23)25-18-5-3-4-15-8-7-14(2)22-21(15)18/h3-10,12H,11H2,1-2H3. The van der Waals surface area contributed by atoms with Crippen LogP contribution in [-0.2, 0) is 11.2 Å². The van der Waals surface area contributed by atoms with E-state index in [0.29, 0.717) is 11.3 Å². The maximum Gasteiger partial charge on any atom is 0.315 e. The smallest absolute Gasteiger partial charge is 0.315 e. The van der Waals surface area contributed by atoms with Crippen molar-refractivity contribution in [3.63, 3.8) is 0 Å². The van der Waals surface area contributed by atoms with Crippen LogP contribution in [0.4, 0.5) is 0 Å². The van der Waals surface area contributed by atoms with Crippen LogP contribution in [0.1, 0.15) is 16.8 Å². The Morgan fingerprint density at radius 2 is 2.00 bits per heavy atom. The molecule has 124 valence electrons. The van der Waals surface area contributed by atoms with E-state index < -0.39 is 0 Å². The Balaban J connectivity index is 1.61. The first-order valence-corrected chi connectivity index (χ1v) is 8.14. The molecule has 0 amide bonds. The highest BCUT2D eigenvalue weighted by atomic mass is 16.5. The fourth-order valence-corrected chi connectivity index (χ4v) is 2.94. The van der Waals surface area contributed by atoms with Gasteiger partial charge in [0.25, 0.3) is 0 Å². The Hall–Kier alpha value is -3.14. The lowest BCUT2D eigenvalue weighted by atomic mass is 10.1. The summed E-state index contributed by atoms with van der Waals surface area (Å²) in [5.74, 6) is 0.147. The SMILES string of the molecule is Cc1ccc2c(CC(=O)Oc3cccc4ccc(C)nc34)coc2c1. The Morgan fingerprint density at radius 3 is 2.88 bits per heavy atom. The van der Waals surface area contributed by atoms with Gasteiger partial charge in [-0.15, -0.1) is 0 Å². The van der Waals surface area contributed by atoms with E-state index in [4.69, 9.17) is 9.15 Å². The van der Waals surface area contributed by atoms with Crippen molar-refractivity contribution in [3.8, 4) is 5.75 Å². The van der Waals surface area contributed by atoms with Crippen molar-refractivity contribution >= 4 is 27.8 Å². The Morgan fingerprint density at radius 1 is 1.12 bits per heavy atom. The molecule has 0 atom stereocenters. The number of nitrogens with zero attached hydrogens (tertiary/aromatic N) is 1. The zero-order valence-corrected chi connectivity index (χ0v) is 14.1. The molecule has 25 heavy (non-hydrogen) atoms. The summed E-state index contributed by atoms with van der Waals surface area (Å²) in [6.07, 6.45) is 1.77. The second-order valence-corrected chi connectivity index (χ2v) is 6.19. The molecule has 0 unspecified atom stereocenters. The number of carbonyl (C=O) groups excluding carboxylic acids is 1. The van der Waals surface area contributed by atoms with E-state index in [9.17, 15) is 4.79 Å². The quantitative estimate of drug-likeness (QED) is 0.402. The van der Waals surface area contributed by atoms with Crippen molar-refractivity contribution < 1.29 is 13.9 Å². The number of rotatable bonds is 3. The summed E-state index contributed by atoms with van der Waals surface area (Å²) in [5, 5.41) is 1.88. The van der Waals surface area contributed by atoms with E-state index in [0.717, 1.165) is 33.2 Å². The van der Waals surface area contributed by atoms with E-state index in [1.54, 1.807) is 12.3 Å². The number of aryl methyl sites for hydroxylation is 2. The van der Waals surface area contributed by atoms with Crippen LogP contribution in [0.3, 0.4) is 0 Å². The number of pyridine rings is 1. The van der Waals surface area contributed by atoms with Gasteiger partial charge in [-0.2, -0.15) is 0 Å². The maximum absolute atomic E-state index is 12.4. The van der Waals surface area contributed by atoms with Gasteiger partial charge < -0.3 is 9.15 Å². The van der Waals surface area contributed by atoms with Crippen molar-refractivity contribution in [2.24, 2.45) is 0 Å². The van der Waals surface area contributed by atoms with Crippen molar-refractivity contribution in [3.05, 3.63) is 71.6 Å². The molecule has 0 N–H and O–H groups in total. The molecule has 2 aromatic carbocycles. The van der Waals surface area contributed by atoms with Gasteiger partial charge in [0.2, 0.25) is 0 Å². The Labute approximate surface area is 145 Å². The molecule has 2 heterocycles. The largest absolute Gasteiger partial charge is 0.464 e. The first kappa shape index (κ1) is 15.4. The molecule has 4 heteroatoms. The van der Waals surface area contributed by atoms with Crippen molar-refractivity contribution in [2.45, 2.75) is 20.3 Å². The number of hydrogen-bond donors (Lipinski definition) is 0. The Kier molecular flexibility index (Phi) is 3.73. The lowest BCUT2D eigenvalue weighted by Crippen LogP contribution is -2.11. The predicted molar refractivity (Wildman–Crippen MR) is 96.8 cm³/mol. The average Bonchev–Trinajstić information content (AvgIpc) is 2.97. The molecule has 0 spiro atoms. The van der Waals surface area contributed by atoms with Crippen LogP contribution in [0, 0.1) is 13.8 Å². The van der Waals surface area contributed by atoms with Gasteiger partial charge >= 0.3 is 5.97 Å². The molecule has 4 rings (SSSR count). The molecule has 0 fully saturated rings. The third kappa shape index (κ3) is 2.98. The highest BCUT2D eigenvalue weighted by Gasteiger charge is 2.14. The molecule has 0 saturated carbocycles. The van der Waals surface area contributed by atoms with Gasteiger partial charge in [0.05, 0.1) is 12.7 Å². The van der Waals surface area contributed by atoms with E-state index in [-0.39, 0.29) is 12.4 Å². The number of benzene rings is 2. The van der Waals surface area contributed by atoms with Gasteiger partial charge in [-0.3, -0.25) is 4.79 Å². The molecule has 4 nitrogen and oxygen atoms in total. The maximum atomic E-state index is 12.4. The highest BCUT2D eigenvalue weighted by Crippen LogP contribution is 2.26. The molecule has 2 aromatic heterocycles. The summed E-state index contributed by atoms with van der Waals surface area (Å²) in [6.45, 7) is 3.92. The molecule has 0 bridgehead atoms. The van der Waals surface area contributed by atoms with Gasteiger partial charge in [0.15, 0.2) is 5.75 Å². The van der Waals surface area contributed by atoms with E-state index in [2.05, 4.69) is 4.98 Å². The normalized spacial score (nSPS) is 11.1. The predicted octanol–water partition coefficient (Wildman–Crippen LogP) is 4.75. The topological polar surface area (TPSA) is 52.3 Å². The number of carbonyl (C=O) groups is 1. The summed E-state index contributed by atoms with van der Waals surface area (Å²) in [6, 6.07) is 15.4. The van der Waals surface area contributed by atoms with Crippen LogP contribution in [0.25, 0.3) is 21.9 Å². The molecule has 4 aromatic rings. The molecule has 0 aliphatic carbocycles. The van der Waals surface area contributed by atoms with Gasteiger partial charge in [-0.05, 0) is 37.6 Å². The lowest BCUT2D eigenvalue weighted by molar-refractivity contribution is -0.133. The van der Waals surface area contributed by atoms with Crippen LogP contribution in [0.15, 0.2) is 59.2 Å². The highest BCUT2D eigenvalue weighted by molar-refractivity contribution is 5.90. The minimum absolute atomic E-state index is 0.151. The number of ether oxygens (including phenoxy) is 1. The molecule has 0 saturated heterocycles. The zero-order chi connectivity index (χ0) is 17.4. The van der Waals surface area contributed by atoms with Crippen LogP contribution >= 0.6 is 0 Å². The van der Waals surface area contributed by atoms with Gasteiger partial charge in [-0.1, -0.05) is 30.3 Å². The number of para-hydroxylation sites is 1. The minimum Gasteiger partial charge on any atom is -0.464 e. The average molecular weight is 331 g/mol. The minimum atomic E-state index is -0.334. The number of hydrogen-bond acceptors (Lipinski definition) is 4. The molecular formula is C21H17NO3. The van der Waals surface area contributed by atoms with E-state index >= 15 is 0 Å². The summed E-state index contributed by atoms with van der Waals surface area (Å²) < 4.78 is 11.1. The zero-order valence-electron chi connectivity index (χ0n) is 14.1. The van der Waals surface area contributed by atoms with Gasteiger partial charge in [0, 0.05) is 22.0 Å².